The van der Waals surface area contributed by atoms with Crippen LogP contribution in [0.3, 0.4) is 0 Å². The van der Waals surface area contributed by atoms with E-state index in [2.05, 4.69) is 20.4 Å². The van der Waals surface area contributed by atoms with Crippen LogP contribution < -0.4 is 5.56 Å². The standard InChI is InChI=1S/C10H6N4O2/c15-9-7-4-2-1-3-6(7)8(12-13-9)10-14-11-5-16-10/h1-5H,(H,13,15). The Bertz CT molecular complexity index is 687. The van der Waals surface area contributed by atoms with Gasteiger partial charge < -0.3 is 4.42 Å². The maximum absolute atomic E-state index is 11.5. The van der Waals surface area contributed by atoms with Crippen molar-refractivity contribution >= 4 is 10.8 Å². The molecule has 78 valence electrons. The van der Waals surface area contributed by atoms with E-state index >= 15 is 0 Å². The zero-order valence-electron chi connectivity index (χ0n) is 8.04. The normalized spacial score (nSPS) is 10.8. The summed E-state index contributed by atoms with van der Waals surface area (Å²) in [5, 5.41) is 14.9. The number of aromatic amines is 1. The van der Waals surface area contributed by atoms with Crippen molar-refractivity contribution in [1.82, 2.24) is 20.4 Å². The van der Waals surface area contributed by atoms with Gasteiger partial charge in [0.2, 0.25) is 6.39 Å². The van der Waals surface area contributed by atoms with Crippen LogP contribution in [0.1, 0.15) is 0 Å². The van der Waals surface area contributed by atoms with Crippen LogP contribution in [0, 0.1) is 0 Å². The summed E-state index contributed by atoms with van der Waals surface area (Å²) in [6.07, 6.45) is 1.22. The number of nitrogens with zero attached hydrogens (tertiary/aromatic N) is 3. The van der Waals surface area contributed by atoms with E-state index in [0.717, 1.165) is 0 Å². The largest absolute Gasteiger partial charge is 0.422 e. The molecule has 6 heteroatoms. The van der Waals surface area contributed by atoms with E-state index in [1.165, 1.54) is 6.39 Å². The first kappa shape index (κ1) is 8.78. The first-order valence-corrected chi connectivity index (χ1v) is 4.60. The molecule has 0 saturated heterocycles. The molecule has 0 amide bonds. The van der Waals surface area contributed by atoms with Gasteiger partial charge in [-0.15, -0.1) is 10.2 Å². The molecule has 0 spiro atoms. The molecule has 0 aliphatic carbocycles. The summed E-state index contributed by atoms with van der Waals surface area (Å²) in [7, 11) is 0. The third-order valence-corrected chi connectivity index (χ3v) is 2.26. The monoisotopic (exact) mass is 214 g/mol. The summed E-state index contributed by atoms with van der Waals surface area (Å²) in [4.78, 5) is 11.5. The van der Waals surface area contributed by atoms with Crippen LogP contribution in [-0.4, -0.2) is 20.4 Å². The highest BCUT2D eigenvalue weighted by molar-refractivity contribution is 5.91. The molecule has 0 fully saturated rings. The first-order valence-electron chi connectivity index (χ1n) is 4.60. The Balaban J connectivity index is 2.43. The number of aromatic nitrogens is 4. The lowest BCUT2D eigenvalue weighted by molar-refractivity contribution is 0.566. The van der Waals surface area contributed by atoms with E-state index in [4.69, 9.17) is 4.42 Å². The highest BCUT2D eigenvalue weighted by atomic mass is 16.4. The predicted molar refractivity (Wildman–Crippen MR) is 55.7 cm³/mol. The lowest BCUT2D eigenvalue weighted by atomic mass is 10.1. The molecule has 2 aromatic heterocycles. The second-order valence-electron chi connectivity index (χ2n) is 3.19. The van der Waals surface area contributed by atoms with E-state index in [9.17, 15) is 4.79 Å². The van der Waals surface area contributed by atoms with Gasteiger partial charge in [-0.05, 0) is 6.07 Å². The minimum absolute atomic E-state index is 0.237. The van der Waals surface area contributed by atoms with Crippen molar-refractivity contribution in [3.05, 3.63) is 41.0 Å². The zero-order valence-corrected chi connectivity index (χ0v) is 8.04. The highest BCUT2D eigenvalue weighted by Crippen LogP contribution is 2.21. The number of hydrogen-bond donors (Lipinski definition) is 1. The Morgan fingerprint density at radius 1 is 1.19 bits per heavy atom. The van der Waals surface area contributed by atoms with Crippen LogP contribution in [-0.2, 0) is 0 Å². The van der Waals surface area contributed by atoms with E-state index < -0.39 is 0 Å². The third-order valence-electron chi connectivity index (χ3n) is 2.26. The lowest BCUT2D eigenvalue weighted by Crippen LogP contribution is -2.09. The zero-order chi connectivity index (χ0) is 11.0. The fourth-order valence-corrected chi connectivity index (χ4v) is 1.55. The second-order valence-corrected chi connectivity index (χ2v) is 3.19. The van der Waals surface area contributed by atoms with E-state index in [1.807, 2.05) is 6.07 Å². The SMILES string of the molecule is O=c1[nH]nc(-c2nnco2)c2ccccc12. The van der Waals surface area contributed by atoms with Crippen LogP contribution in [0.25, 0.3) is 22.4 Å². The summed E-state index contributed by atoms with van der Waals surface area (Å²) in [5.74, 6) is 0.285. The van der Waals surface area contributed by atoms with E-state index in [1.54, 1.807) is 18.2 Å². The summed E-state index contributed by atoms with van der Waals surface area (Å²) < 4.78 is 5.06. The van der Waals surface area contributed by atoms with E-state index in [0.29, 0.717) is 16.5 Å². The molecule has 3 aromatic rings. The van der Waals surface area contributed by atoms with Crippen molar-refractivity contribution in [3.63, 3.8) is 0 Å². The fraction of sp³-hybridized carbons (Fsp3) is 0. The average Bonchev–Trinajstić information content (AvgIpc) is 2.83. The van der Waals surface area contributed by atoms with Gasteiger partial charge in [-0.25, -0.2) is 5.10 Å². The van der Waals surface area contributed by atoms with Crippen molar-refractivity contribution < 1.29 is 4.42 Å². The number of H-pyrrole nitrogens is 1. The van der Waals surface area contributed by atoms with E-state index in [-0.39, 0.29) is 11.4 Å². The molecule has 0 radical (unpaired) electrons. The van der Waals surface area contributed by atoms with Gasteiger partial charge >= 0.3 is 0 Å². The molecule has 6 nitrogen and oxygen atoms in total. The molecular formula is C10H6N4O2. The van der Waals surface area contributed by atoms with Crippen LogP contribution >= 0.6 is 0 Å². The van der Waals surface area contributed by atoms with Gasteiger partial charge in [0, 0.05) is 5.39 Å². The summed E-state index contributed by atoms with van der Waals surface area (Å²) in [6.45, 7) is 0. The molecule has 16 heavy (non-hydrogen) atoms. The van der Waals surface area contributed by atoms with Crippen LogP contribution in [0.4, 0.5) is 0 Å². The Kier molecular flexibility index (Phi) is 1.79. The minimum atomic E-state index is -0.237. The van der Waals surface area contributed by atoms with Crippen LogP contribution in [0.15, 0.2) is 39.9 Å². The summed E-state index contributed by atoms with van der Waals surface area (Å²) in [5.41, 5.74) is 0.242. The molecule has 0 aliphatic rings. The number of rotatable bonds is 1. The Morgan fingerprint density at radius 2 is 2.00 bits per heavy atom. The van der Waals surface area contributed by atoms with Gasteiger partial charge in [0.15, 0.2) is 5.69 Å². The van der Waals surface area contributed by atoms with Crippen molar-refractivity contribution in [2.45, 2.75) is 0 Å². The molecule has 0 aliphatic heterocycles. The number of nitrogens with one attached hydrogen (secondary N) is 1. The number of benzene rings is 1. The minimum Gasteiger partial charge on any atom is -0.422 e. The molecule has 1 aromatic carbocycles. The topological polar surface area (TPSA) is 84.7 Å². The molecule has 0 saturated carbocycles. The average molecular weight is 214 g/mol. The van der Waals surface area contributed by atoms with Crippen molar-refractivity contribution in [2.75, 3.05) is 0 Å². The maximum Gasteiger partial charge on any atom is 0.272 e. The Labute approximate surface area is 88.9 Å². The highest BCUT2D eigenvalue weighted by Gasteiger charge is 2.11. The van der Waals surface area contributed by atoms with Gasteiger partial charge in [-0.1, -0.05) is 18.2 Å². The molecule has 0 unspecified atom stereocenters. The number of fused-ring (bicyclic) bond motifs is 1. The number of hydrogen-bond acceptors (Lipinski definition) is 5. The van der Waals surface area contributed by atoms with Crippen molar-refractivity contribution in [3.8, 4) is 11.6 Å². The van der Waals surface area contributed by atoms with Gasteiger partial charge in [0.05, 0.1) is 5.39 Å². The molecule has 0 bridgehead atoms. The molecular weight excluding hydrogens is 208 g/mol. The quantitative estimate of drug-likeness (QED) is 0.652. The fourth-order valence-electron chi connectivity index (χ4n) is 1.55. The predicted octanol–water partition coefficient (Wildman–Crippen LogP) is 0.973. The smallest absolute Gasteiger partial charge is 0.272 e. The maximum atomic E-state index is 11.5. The van der Waals surface area contributed by atoms with Gasteiger partial charge in [-0.2, -0.15) is 5.10 Å². The Morgan fingerprint density at radius 3 is 2.75 bits per heavy atom. The third kappa shape index (κ3) is 1.20. The van der Waals surface area contributed by atoms with Gasteiger partial charge in [0.1, 0.15) is 0 Å². The summed E-state index contributed by atoms with van der Waals surface area (Å²) >= 11 is 0. The van der Waals surface area contributed by atoms with Crippen LogP contribution in [0.2, 0.25) is 0 Å². The molecule has 3 rings (SSSR count). The van der Waals surface area contributed by atoms with Gasteiger partial charge in [-0.3, -0.25) is 4.79 Å². The lowest BCUT2D eigenvalue weighted by Gasteiger charge is -1.99. The van der Waals surface area contributed by atoms with Crippen molar-refractivity contribution in [1.29, 1.82) is 0 Å². The molecule has 1 N–H and O–H groups in total. The van der Waals surface area contributed by atoms with Crippen molar-refractivity contribution in [2.24, 2.45) is 0 Å². The molecule has 0 atom stereocenters. The molecule has 2 heterocycles. The van der Waals surface area contributed by atoms with Gasteiger partial charge in [0.25, 0.3) is 11.4 Å². The first-order chi connectivity index (χ1) is 7.86. The second kappa shape index (κ2) is 3.27. The Hall–Kier alpha value is -2.50. The summed E-state index contributed by atoms with van der Waals surface area (Å²) in [6, 6.07) is 7.12. The van der Waals surface area contributed by atoms with Crippen LogP contribution in [0.5, 0.6) is 0 Å².